The molecule has 1 fully saturated rings. The fourth-order valence-electron chi connectivity index (χ4n) is 3.86. The minimum Gasteiger partial charge on any atom is -0.454 e. The number of sulfonamides is 1. The van der Waals surface area contributed by atoms with Gasteiger partial charge < -0.3 is 9.47 Å². The van der Waals surface area contributed by atoms with Crippen molar-refractivity contribution in [3.05, 3.63) is 52.5 Å². The van der Waals surface area contributed by atoms with Crippen molar-refractivity contribution >= 4 is 21.6 Å². The van der Waals surface area contributed by atoms with Crippen molar-refractivity contribution in [1.82, 2.24) is 9.62 Å². The molecule has 0 amide bonds. The fourth-order valence-corrected chi connectivity index (χ4v) is 5.26. The van der Waals surface area contributed by atoms with Gasteiger partial charge in [0.05, 0.1) is 9.92 Å². The van der Waals surface area contributed by atoms with Gasteiger partial charge in [0.25, 0.3) is 0 Å². The van der Waals surface area contributed by atoms with Crippen LogP contribution in [0.1, 0.15) is 24.0 Å². The molecule has 0 spiro atoms. The number of hydrogen-bond acceptors (Lipinski definition) is 5. The lowest BCUT2D eigenvalue weighted by Gasteiger charge is -2.32. The van der Waals surface area contributed by atoms with Crippen molar-refractivity contribution in [2.75, 3.05) is 26.4 Å². The van der Waals surface area contributed by atoms with Gasteiger partial charge in [-0.05, 0) is 62.1 Å². The summed E-state index contributed by atoms with van der Waals surface area (Å²) in [5.41, 5.74) is 2.11. The number of hydrogen-bond donors (Lipinski definition) is 1. The molecule has 1 atom stereocenters. The predicted octanol–water partition coefficient (Wildman–Crippen LogP) is 3.57. The van der Waals surface area contributed by atoms with Gasteiger partial charge in [0.2, 0.25) is 16.8 Å². The molecule has 0 aliphatic carbocycles. The van der Waals surface area contributed by atoms with E-state index in [1.54, 1.807) is 12.1 Å². The number of aryl methyl sites for hydroxylation is 1. The van der Waals surface area contributed by atoms with E-state index in [1.807, 2.05) is 31.2 Å². The number of ether oxygens (including phenoxy) is 2. The Balaban J connectivity index is 1.35. The van der Waals surface area contributed by atoms with Gasteiger partial charge in [-0.3, -0.25) is 4.90 Å². The molecule has 29 heavy (non-hydrogen) atoms. The highest BCUT2D eigenvalue weighted by atomic mass is 35.5. The largest absolute Gasteiger partial charge is 0.454 e. The predicted molar refractivity (Wildman–Crippen MR) is 112 cm³/mol. The molecule has 0 radical (unpaired) electrons. The Morgan fingerprint density at radius 3 is 2.79 bits per heavy atom. The molecule has 2 aromatic rings. The number of halogens is 1. The van der Waals surface area contributed by atoms with E-state index in [0.29, 0.717) is 28.0 Å². The third-order valence-electron chi connectivity index (χ3n) is 5.39. The number of rotatable bonds is 6. The van der Waals surface area contributed by atoms with Crippen molar-refractivity contribution in [2.45, 2.75) is 31.2 Å². The SMILES string of the molecule is Cc1ccc(S(=O)(=O)NCC2CCCN(Cc3cc(Cl)c4c(c3)OCO4)C2)cc1. The number of fused-ring (bicyclic) bond motifs is 1. The molecule has 0 bridgehead atoms. The monoisotopic (exact) mass is 436 g/mol. The molecule has 1 saturated heterocycles. The zero-order valence-corrected chi connectivity index (χ0v) is 17.9. The normalized spacial score (nSPS) is 19.4. The average molecular weight is 437 g/mol. The Bertz CT molecular complexity index is 979. The van der Waals surface area contributed by atoms with E-state index < -0.39 is 10.0 Å². The van der Waals surface area contributed by atoms with Crippen LogP contribution in [-0.2, 0) is 16.6 Å². The van der Waals surface area contributed by atoms with Crippen LogP contribution in [-0.4, -0.2) is 39.7 Å². The van der Waals surface area contributed by atoms with E-state index in [4.69, 9.17) is 21.1 Å². The van der Waals surface area contributed by atoms with Gasteiger partial charge in [-0.15, -0.1) is 0 Å². The zero-order chi connectivity index (χ0) is 20.4. The molecule has 2 aromatic carbocycles. The van der Waals surface area contributed by atoms with Crippen molar-refractivity contribution in [3.63, 3.8) is 0 Å². The first-order chi connectivity index (χ1) is 13.9. The third kappa shape index (κ3) is 4.86. The van der Waals surface area contributed by atoms with E-state index in [1.165, 1.54) is 0 Å². The molecular weight excluding hydrogens is 412 g/mol. The average Bonchev–Trinajstić information content (AvgIpc) is 3.16. The topological polar surface area (TPSA) is 67.9 Å². The van der Waals surface area contributed by atoms with Gasteiger partial charge >= 0.3 is 0 Å². The molecule has 0 aromatic heterocycles. The number of benzene rings is 2. The zero-order valence-electron chi connectivity index (χ0n) is 16.4. The summed E-state index contributed by atoms with van der Waals surface area (Å²) in [5, 5.41) is 0.564. The molecule has 2 heterocycles. The van der Waals surface area contributed by atoms with Crippen molar-refractivity contribution in [2.24, 2.45) is 5.92 Å². The van der Waals surface area contributed by atoms with Crippen LogP contribution in [0.3, 0.4) is 0 Å². The van der Waals surface area contributed by atoms with E-state index in [9.17, 15) is 8.42 Å². The van der Waals surface area contributed by atoms with Gasteiger partial charge in [0.1, 0.15) is 0 Å². The Hall–Kier alpha value is -1.80. The lowest BCUT2D eigenvalue weighted by molar-refractivity contribution is 0.168. The third-order valence-corrected chi connectivity index (χ3v) is 7.11. The minimum absolute atomic E-state index is 0.200. The van der Waals surface area contributed by atoms with E-state index in [-0.39, 0.29) is 12.7 Å². The smallest absolute Gasteiger partial charge is 0.240 e. The quantitative estimate of drug-likeness (QED) is 0.749. The van der Waals surface area contributed by atoms with Crippen LogP contribution in [0.5, 0.6) is 11.5 Å². The maximum absolute atomic E-state index is 12.5. The molecule has 2 aliphatic heterocycles. The summed E-state index contributed by atoms with van der Waals surface area (Å²) >= 11 is 6.29. The van der Waals surface area contributed by atoms with Crippen molar-refractivity contribution < 1.29 is 17.9 Å². The van der Waals surface area contributed by atoms with Crippen LogP contribution < -0.4 is 14.2 Å². The van der Waals surface area contributed by atoms with Crippen molar-refractivity contribution in [1.29, 1.82) is 0 Å². The molecule has 6 nitrogen and oxygen atoms in total. The second-order valence-corrected chi connectivity index (χ2v) is 9.89. The van der Waals surface area contributed by atoms with Crippen LogP contribution in [0.25, 0.3) is 0 Å². The maximum atomic E-state index is 12.5. The number of nitrogens with zero attached hydrogens (tertiary/aromatic N) is 1. The minimum atomic E-state index is -3.48. The standard InChI is InChI=1S/C21H25ClN2O4S/c1-15-4-6-18(7-5-15)29(25,26)23-11-16-3-2-8-24(12-16)13-17-9-19(22)21-20(10-17)27-14-28-21/h4-7,9-10,16,23H,2-3,8,11-14H2,1H3. The van der Waals surface area contributed by atoms with Gasteiger partial charge in [-0.25, -0.2) is 13.1 Å². The molecular formula is C21H25ClN2O4S. The van der Waals surface area contributed by atoms with Crippen molar-refractivity contribution in [3.8, 4) is 11.5 Å². The van der Waals surface area contributed by atoms with Gasteiger partial charge in [-0.1, -0.05) is 29.3 Å². The number of likely N-dealkylation sites (tertiary alicyclic amines) is 1. The van der Waals surface area contributed by atoms with Crippen LogP contribution in [0.15, 0.2) is 41.3 Å². The Morgan fingerprint density at radius 1 is 1.21 bits per heavy atom. The Morgan fingerprint density at radius 2 is 2.00 bits per heavy atom. The summed E-state index contributed by atoms with van der Waals surface area (Å²) in [6.07, 6.45) is 2.05. The van der Waals surface area contributed by atoms with Crippen LogP contribution in [0.2, 0.25) is 5.02 Å². The Labute approximate surface area is 176 Å². The Kier molecular flexibility index (Phi) is 6.01. The summed E-state index contributed by atoms with van der Waals surface area (Å²) in [5.74, 6) is 1.57. The van der Waals surface area contributed by atoms with Gasteiger partial charge in [0, 0.05) is 19.6 Å². The summed E-state index contributed by atoms with van der Waals surface area (Å²) in [6, 6.07) is 10.8. The summed E-state index contributed by atoms with van der Waals surface area (Å²) in [6.45, 7) is 5.14. The maximum Gasteiger partial charge on any atom is 0.240 e. The number of nitrogens with one attached hydrogen (secondary N) is 1. The first-order valence-electron chi connectivity index (χ1n) is 9.77. The van der Waals surface area contributed by atoms with Crippen LogP contribution in [0.4, 0.5) is 0 Å². The molecule has 4 rings (SSSR count). The molecule has 1 N–H and O–H groups in total. The molecule has 0 saturated carbocycles. The first-order valence-corrected chi connectivity index (χ1v) is 11.6. The summed E-state index contributed by atoms with van der Waals surface area (Å²) in [4.78, 5) is 2.65. The highest BCUT2D eigenvalue weighted by Crippen LogP contribution is 2.40. The van der Waals surface area contributed by atoms with Crippen LogP contribution in [0, 0.1) is 12.8 Å². The molecule has 1 unspecified atom stereocenters. The molecule has 2 aliphatic rings. The van der Waals surface area contributed by atoms with E-state index >= 15 is 0 Å². The lowest BCUT2D eigenvalue weighted by atomic mass is 9.98. The highest BCUT2D eigenvalue weighted by molar-refractivity contribution is 7.89. The highest BCUT2D eigenvalue weighted by Gasteiger charge is 2.24. The first kappa shape index (κ1) is 20.5. The van der Waals surface area contributed by atoms with Gasteiger partial charge in [-0.2, -0.15) is 0 Å². The van der Waals surface area contributed by atoms with E-state index in [2.05, 4.69) is 9.62 Å². The van der Waals surface area contributed by atoms with E-state index in [0.717, 1.165) is 43.6 Å². The number of piperidine rings is 1. The fraction of sp³-hybridized carbons (Fsp3) is 0.429. The molecule has 156 valence electrons. The second-order valence-electron chi connectivity index (χ2n) is 7.72. The van der Waals surface area contributed by atoms with Gasteiger partial charge in [0.15, 0.2) is 11.5 Å². The lowest BCUT2D eigenvalue weighted by Crippen LogP contribution is -2.40. The van der Waals surface area contributed by atoms with Crippen LogP contribution >= 0.6 is 11.6 Å². The summed E-state index contributed by atoms with van der Waals surface area (Å²) < 4.78 is 38.7. The second kappa shape index (κ2) is 8.52. The summed E-state index contributed by atoms with van der Waals surface area (Å²) in [7, 11) is -3.48. The molecule has 8 heteroatoms.